The highest BCUT2D eigenvalue weighted by Gasteiger charge is 2.15. The molecule has 0 saturated heterocycles. The molecule has 3 heterocycles. The lowest BCUT2D eigenvalue weighted by Gasteiger charge is -2.09. The van der Waals surface area contributed by atoms with Gasteiger partial charge < -0.3 is 14.9 Å². The molecular weight excluding hydrogens is 310 g/mol. The Labute approximate surface area is 137 Å². The van der Waals surface area contributed by atoms with E-state index in [9.17, 15) is 9.59 Å². The molecule has 0 atom stereocenters. The second-order valence-corrected chi connectivity index (χ2v) is 6.27. The Balaban J connectivity index is 1.79. The van der Waals surface area contributed by atoms with Crippen molar-refractivity contribution in [3.63, 3.8) is 0 Å². The van der Waals surface area contributed by atoms with Gasteiger partial charge in [-0.25, -0.2) is 0 Å². The van der Waals surface area contributed by atoms with Crippen molar-refractivity contribution in [3.05, 3.63) is 74.1 Å². The van der Waals surface area contributed by atoms with Crippen molar-refractivity contribution < 1.29 is 4.79 Å². The maximum atomic E-state index is 12.5. The van der Waals surface area contributed by atoms with Crippen LogP contribution in [0.15, 0.2) is 46.8 Å². The topological polar surface area (TPSA) is 66.9 Å². The van der Waals surface area contributed by atoms with Crippen LogP contribution in [0.4, 0.5) is 0 Å². The molecule has 0 aliphatic heterocycles. The van der Waals surface area contributed by atoms with E-state index in [4.69, 9.17) is 0 Å². The molecule has 23 heavy (non-hydrogen) atoms. The van der Waals surface area contributed by atoms with Crippen LogP contribution in [-0.4, -0.2) is 15.5 Å². The number of aromatic nitrogens is 2. The molecule has 0 aromatic carbocycles. The summed E-state index contributed by atoms with van der Waals surface area (Å²) < 4.78 is 1.90. The van der Waals surface area contributed by atoms with Gasteiger partial charge in [0.15, 0.2) is 0 Å². The Morgan fingerprint density at radius 1 is 1.30 bits per heavy atom. The first-order valence-corrected chi connectivity index (χ1v) is 8.12. The van der Waals surface area contributed by atoms with Gasteiger partial charge in [-0.2, -0.15) is 0 Å². The maximum Gasteiger partial charge on any atom is 0.263 e. The highest BCUT2D eigenvalue weighted by atomic mass is 32.1. The Kier molecular flexibility index (Phi) is 4.16. The molecule has 3 aromatic rings. The van der Waals surface area contributed by atoms with Crippen LogP contribution < -0.4 is 10.9 Å². The minimum Gasteiger partial charge on any atom is -0.347 e. The summed E-state index contributed by atoms with van der Waals surface area (Å²) in [6.45, 7) is 3.93. The number of carbonyl (C=O) groups is 1. The van der Waals surface area contributed by atoms with Crippen molar-refractivity contribution in [1.29, 1.82) is 0 Å². The van der Waals surface area contributed by atoms with E-state index in [0.29, 0.717) is 10.4 Å². The summed E-state index contributed by atoms with van der Waals surface area (Å²) in [6.07, 6.45) is 3.79. The van der Waals surface area contributed by atoms with Crippen LogP contribution in [0.5, 0.6) is 0 Å². The zero-order chi connectivity index (χ0) is 16.4. The average molecular weight is 327 g/mol. The van der Waals surface area contributed by atoms with Gasteiger partial charge >= 0.3 is 0 Å². The first kappa shape index (κ1) is 15.3. The summed E-state index contributed by atoms with van der Waals surface area (Å²) in [6, 6.07) is 7.63. The zero-order valence-electron chi connectivity index (χ0n) is 12.9. The number of H-pyrrole nitrogens is 1. The second-order valence-electron chi connectivity index (χ2n) is 5.35. The minimum absolute atomic E-state index is 0.153. The maximum absolute atomic E-state index is 12.5. The van der Waals surface area contributed by atoms with Gasteiger partial charge in [0.05, 0.1) is 5.69 Å². The van der Waals surface area contributed by atoms with E-state index >= 15 is 0 Å². The SMILES string of the molecule is Cc1cc(C)c(CNC(=O)c2sccc2-n2cccc2)c(=O)[nH]1. The fourth-order valence-electron chi connectivity index (χ4n) is 2.52. The number of nitrogens with one attached hydrogen (secondary N) is 2. The molecule has 0 radical (unpaired) electrons. The first-order chi connectivity index (χ1) is 11.1. The van der Waals surface area contributed by atoms with Crippen LogP contribution in [-0.2, 0) is 6.54 Å². The number of hydrogen-bond acceptors (Lipinski definition) is 3. The Morgan fingerprint density at radius 3 is 2.74 bits per heavy atom. The van der Waals surface area contributed by atoms with Gasteiger partial charge in [0, 0.05) is 30.2 Å². The highest BCUT2D eigenvalue weighted by molar-refractivity contribution is 7.12. The summed E-state index contributed by atoms with van der Waals surface area (Å²) in [7, 11) is 0. The smallest absolute Gasteiger partial charge is 0.263 e. The summed E-state index contributed by atoms with van der Waals surface area (Å²) in [5.74, 6) is -0.178. The van der Waals surface area contributed by atoms with Crippen molar-refractivity contribution in [2.75, 3.05) is 0 Å². The van der Waals surface area contributed by atoms with Crippen molar-refractivity contribution in [1.82, 2.24) is 14.9 Å². The molecule has 0 aliphatic rings. The van der Waals surface area contributed by atoms with Crippen LogP contribution in [0.2, 0.25) is 0 Å². The number of hydrogen-bond donors (Lipinski definition) is 2. The van der Waals surface area contributed by atoms with E-state index < -0.39 is 0 Å². The lowest BCUT2D eigenvalue weighted by molar-refractivity contribution is 0.0955. The molecular formula is C17H17N3O2S. The van der Waals surface area contributed by atoms with Crippen molar-refractivity contribution >= 4 is 17.2 Å². The third-order valence-corrected chi connectivity index (χ3v) is 4.56. The third kappa shape index (κ3) is 3.12. The average Bonchev–Trinajstić information content (AvgIpc) is 3.16. The van der Waals surface area contributed by atoms with E-state index in [1.165, 1.54) is 11.3 Å². The summed E-state index contributed by atoms with van der Waals surface area (Å²) in [5.41, 5.74) is 2.97. The molecule has 3 rings (SSSR count). The molecule has 0 saturated carbocycles. The van der Waals surface area contributed by atoms with Crippen LogP contribution >= 0.6 is 11.3 Å². The van der Waals surface area contributed by atoms with Gasteiger partial charge in [0.2, 0.25) is 0 Å². The predicted octanol–water partition coefficient (Wildman–Crippen LogP) is 2.77. The molecule has 6 heteroatoms. The molecule has 1 amide bonds. The molecule has 0 unspecified atom stereocenters. The molecule has 5 nitrogen and oxygen atoms in total. The number of nitrogens with zero attached hydrogens (tertiary/aromatic N) is 1. The van der Waals surface area contributed by atoms with Gasteiger partial charge in [0.25, 0.3) is 11.5 Å². The molecule has 0 aliphatic carbocycles. The third-order valence-electron chi connectivity index (χ3n) is 3.65. The summed E-state index contributed by atoms with van der Waals surface area (Å²) >= 11 is 1.38. The quantitative estimate of drug-likeness (QED) is 0.774. The van der Waals surface area contributed by atoms with Gasteiger partial charge in [0.1, 0.15) is 4.88 Å². The molecule has 0 bridgehead atoms. The Morgan fingerprint density at radius 2 is 2.04 bits per heavy atom. The molecule has 3 aromatic heterocycles. The second kappa shape index (κ2) is 6.26. The fraction of sp³-hybridized carbons (Fsp3) is 0.176. The van der Waals surface area contributed by atoms with Crippen LogP contribution in [0.25, 0.3) is 5.69 Å². The molecule has 118 valence electrons. The molecule has 2 N–H and O–H groups in total. The van der Waals surface area contributed by atoms with E-state index in [2.05, 4.69) is 10.3 Å². The standard InChI is InChI=1S/C17H17N3O2S/c1-11-9-12(2)19-16(21)13(11)10-18-17(22)15-14(5-8-23-15)20-6-3-4-7-20/h3-9H,10H2,1-2H3,(H,18,22)(H,19,21). The largest absolute Gasteiger partial charge is 0.347 e. The number of rotatable bonds is 4. The van der Waals surface area contributed by atoms with Crippen LogP contribution in [0.3, 0.4) is 0 Å². The summed E-state index contributed by atoms with van der Waals surface area (Å²) in [4.78, 5) is 27.9. The fourth-order valence-corrected chi connectivity index (χ4v) is 3.33. The normalized spacial score (nSPS) is 10.7. The van der Waals surface area contributed by atoms with Crippen LogP contribution in [0, 0.1) is 13.8 Å². The number of carbonyl (C=O) groups excluding carboxylic acids is 1. The monoisotopic (exact) mass is 327 g/mol. The zero-order valence-corrected chi connectivity index (χ0v) is 13.7. The van der Waals surface area contributed by atoms with E-state index in [1.807, 2.05) is 60.5 Å². The van der Waals surface area contributed by atoms with E-state index in [0.717, 1.165) is 16.9 Å². The summed E-state index contributed by atoms with van der Waals surface area (Å²) in [5, 5.41) is 4.73. The lowest BCUT2D eigenvalue weighted by atomic mass is 10.1. The minimum atomic E-state index is -0.178. The van der Waals surface area contributed by atoms with Crippen molar-refractivity contribution in [2.24, 2.45) is 0 Å². The lowest BCUT2D eigenvalue weighted by Crippen LogP contribution is -2.28. The van der Waals surface area contributed by atoms with E-state index in [1.54, 1.807) is 0 Å². The van der Waals surface area contributed by atoms with Crippen molar-refractivity contribution in [2.45, 2.75) is 20.4 Å². The number of aryl methyl sites for hydroxylation is 2. The Hall–Kier alpha value is -2.60. The van der Waals surface area contributed by atoms with Crippen LogP contribution in [0.1, 0.15) is 26.5 Å². The predicted molar refractivity (Wildman–Crippen MR) is 91.4 cm³/mol. The molecule has 0 fully saturated rings. The number of aromatic amines is 1. The van der Waals surface area contributed by atoms with E-state index in [-0.39, 0.29) is 18.0 Å². The van der Waals surface area contributed by atoms with Crippen molar-refractivity contribution in [3.8, 4) is 5.69 Å². The Bertz CT molecular complexity index is 891. The van der Waals surface area contributed by atoms with Gasteiger partial charge in [-0.3, -0.25) is 9.59 Å². The first-order valence-electron chi connectivity index (χ1n) is 7.24. The van der Waals surface area contributed by atoms with Gasteiger partial charge in [-0.15, -0.1) is 11.3 Å². The number of amides is 1. The highest BCUT2D eigenvalue weighted by Crippen LogP contribution is 2.21. The van der Waals surface area contributed by atoms with Gasteiger partial charge in [-0.1, -0.05) is 0 Å². The number of pyridine rings is 1. The molecule has 0 spiro atoms. The van der Waals surface area contributed by atoms with Gasteiger partial charge in [-0.05, 0) is 49.1 Å². The number of thiophene rings is 1.